The first kappa shape index (κ1) is 16.5. The molecule has 0 aromatic carbocycles. The molecule has 4 heteroatoms. The quantitative estimate of drug-likeness (QED) is 0.905. The Morgan fingerprint density at radius 2 is 1.95 bits per heavy atom. The van der Waals surface area contributed by atoms with Crippen molar-refractivity contribution >= 4 is 0 Å². The lowest BCUT2D eigenvalue weighted by Gasteiger charge is -2.43. The standard InChI is InChI=1S/C17H32N4/c1-7-15-11-20(16(8-2)10-18-15)13(5)17-12(4)19-21(9-3)14(17)6/h13,15-16,18H,7-11H2,1-6H3. The molecule has 0 aliphatic carbocycles. The molecule has 3 atom stereocenters. The van der Waals surface area contributed by atoms with E-state index >= 15 is 0 Å². The van der Waals surface area contributed by atoms with Crippen LogP contribution in [-0.2, 0) is 6.54 Å². The Morgan fingerprint density at radius 3 is 2.48 bits per heavy atom. The fourth-order valence-corrected chi connectivity index (χ4v) is 3.80. The molecule has 1 aliphatic rings. The summed E-state index contributed by atoms with van der Waals surface area (Å²) in [7, 11) is 0. The molecule has 0 radical (unpaired) electrons. The van der Waals surface area contributed by atoms with Crippen molar-refractivity contribution in [2.75, 3.05) is 13.1 Å². The molecule has 0 spiro atoms. The maximum absolute atomic E-state index is 4.71. The van der Waals surface area contributed by atoms with Crippen LogP contribution in [0.25, 0.3) is 0 Å². The van der Waals surface area contributed by atoms with Crippen LogP contribution in [0, 0.1) is 13.8 Å². The number of aryl methyl sites for hydroxylation is 2. The third-order valence-electron chi connectivity index (χ3n) is 5.16. The van der Waals surface area contributed by atoms with Gasteiger partial charge in [-0.3, -0.25) is 9.58 Å². The number of rotatable bonds is 5. The van der Waals surface area contributed by atoms with Gasteiger partial charge in [0.05, 0.1) is 5.69 Å². The Hall–Kier alpha value is -0.870. The SMILES string of the molecule is CCC1CN(C(C)c2c(C)nn(CC)c2C)C(CC)CN1. The molecular formula is C17H32N4. The fraction of sp³-hybridized carbons (Fsp3) is 0.824. The second kappa shape index (κ2) is 6.93. The lowest BCUT2D eigenvalue weighted by atomic mass is 9.98. The molecule has 1 N–H and O–H groups in total. The van der Waals surface area contributed by atoms with Crippen molar-refractivity contribution in [3.8, 4) is 0 Å². The molecular weight excluding hydrogens is 260 g/mol. The van der Waals surface area contributed by atoms with Gasteiger partial charge in [-0.15, -0.1) is 0 Å². The maximum atomic E-state index is 4.71. The van der Waals surface area contributed by atoms with Gasteiger partial charge in [-0.2, -0.15) is 5.10 Å². The minimum Gasteiger partial charge on any atom is -0.311 e. The van der Waals surface area contributed by atoms with Crippen molar-refractivity contribution in [2.45, 2.75) is 79.1 Å². The predicted molar refractivity (Wildman–Crippen MR) is 88.7 cm³/mol. The van der Waals surface area contributed by atoms with E-state index in [1.54, 1.807) is 0 Å². The lowest BCUT2D eigenvalue weighted by molar-refractivity contribution is 0.0844. The number of aromatic nitrogens is 2. The molecule has 1 saturated heterocycles. The van der Waals surface area contributed by atoms with Gasteiger partial charge in [0.15, 0.2) is 0 Å². The van der Waals surface area contributed by atoms with E-state index in [-0.39, 0.29) is 0 Å². The highest BCUT2D eigenvalue weighted by Crippen LogP contribution is 2.30. The molecule has 1 aliphatic heterocycles. The number of nitrogens with one attached hydrogen (secondary N) is 1. The van der Waals surface area contributed by atoms with Crippen LogP contribution in [0.15, 0.2) is 0 Å². The van der Waals surface area contributed by atoms with Gasteiger partial charge in [0.2, 0.25) is 0 Å². The van der Waals surface area contributed by atoms with Crippen molar-refractivity contribution in [1.82, 2.24) is 20.0 Å². The molecule has 120 valence electrons. The van der Waals surface area contributed by atoms with E-state index in [1.807, 2.05) is 0 Å². The van der Waals surface area contributed by atoms with Gasteiger partial charge in [-0.1, -0.05) is 13.8 Å². The molecule has 2 rings (SSSR count). The number of piperazine rings is 1. The Morgan fingerprint density at radius 1 is 1.24 bits per heavy atom. The first-order valence-corrected chi connectivity index (χ1v) is 8.56. The highest BCUT2D eigenvalue weighted by molar-refractivity contribution is 5.28. The Kier molecular flexibility index (Phi) is 5.44. The molecule has 0 saturated carbocycles. The van der Waals surface area contributed by atoms with Crippen LogP contribution in [0.1, 0.15) is 63.5 Å². The predicted octanol–water partition coefficient (Wildman–Crippen LogP) is 3.04. The molecule has 0 amide bonds. The summed E-state index contributed by atoms with van der Waals surface area (Å²) in [6.07, 6.45) is 2.40. The smallest absolute Gasteiger partial charge is 0.0644 e. The Bertz CT molecular complexity index is 466. The van der Waals surface area contributed by atoms with Crippen LogP contribution >= 0.6 is 0 Å². The van der Waals surface area contributed by atoms with Crippen LogP contribution < -0.4 is 5.32 Å². The average Bonchev–Trinajstić information content (AvgIpc) is 2.80. The van der Waals surface area contributed by atoms with Crippen molar-refractivity contribution in [3.63, 3.8) is 0 Å². The Labute approximate surface area is 129 Å². The molecule has 1 aromatic heterocycles. The summed E-state index contributed by atoms with van der Waals surface area (Å²) in [6.45, 7) is 16.7. The van der Waals surface area contributed by atoms with Gasteiger partial charge >= 0.3 is 0 Å². The zero-order valence-corrected chi connectivity index (χ0v) is 14.6. The zero-order valence-electron chi connectivity index (χ0n) is 14.6. The molecule has 21 heavy (non-hydrogen) atoms. The second-order valence-electron chi connectivity index (χ2n) is 6.35. The molecule has 1 aromatic rings. The highest BCUT2D eigenvalue weighted by Gasteiger charge is 2.32. The van der Waals surface area contributed by atoms with Crippen LogP contribution in [0.3, 0.4) is 0 Å². The Balaban J connectivity index is 2.28. The largest absolute Gasteiger partial charge is 0.311 e. The van der Waals surface area contributed by atoms with E-state index in [9.17, 15) is 0 Å². The zero-order chi connectivity index (χ0) is 15.6. The van der Waals surface area contributed by atoms with Gasteiger partial charge in [-0.05, 0) is 40.5 Å². The van der Waals surface area contributed by atoms with Crippen molar-refractivity contribution in [1.29, 1.82) is 0 Å². The van der Waals surface area contributed by atoms with Gasteiger partial charge < -0.3 is 5.32 Å². The van der Waals surface area contributed by atoms with Gasteiger partial charge in [0, 0.05) is 49.0 Å². The van der Waals surface area contributed by atoms with Crippen LogP contribution in [0.5, 0.6) is 0 Å². The van der Waals surface area contributed by atoms with Crippen LogP contribution in [0.2, 0.25) is 0 Å². The van der Waals surface area contributed by atoms with Crippen LogP contribution in [-0.4, -0.2) is 39.9 Å². The second-order valence-corrected chi connectivity index (χ2v) is 6.35. The third kappa shape index (κ3) is 3.16. The van der Waals surface area contributed by atoms with E-state index in [4.69, 9.17) is 5.10 Å². The number of hydrogen-bond acceptors (Lipinski definition) is 3. The summed E-state index contributed by atoms with van der Waals surface area (Å²) in [5.41, 5.74) is 3.97. The summed E-state index contributed by atoms with van der Waals surface area (Å²) in [4.78, 5) is 2.70. The van der Waals surface area contributed by atoms with Gasteiger partial charge in [0.25, 0.3) is 0 Å². The van der Waals surface area contributed by atoms with E-state index in [2.05, 4.69) is 56.4 Å². The maximum Gasteiger partial charge on any atom is 0.0644 e. The molecule has 1 fully saturated rings. The first-order valence-electron chi connectivity index (χ1n) is 8.56. The highest BCUT2D eigenvalue weighted by atomic mass is 15.3. The third-order valence-corrected chi connectivity index (χ3v) is 5.16. The monoisotopic (exact) mass is 292 g/mol. The average molecular weight is 292 g/mol. The molecule has 0 bridgehead atoms. The molecule has 3 unspecified atom stereocenters. The summed E-state index contributed by atoms with van der Waals surface area (Å²) in [5.74, 6) is 0. The van der Waals surface area contributed by atoms with Gasteiger partial charge in [-0.25, -0.2) is 0 Å². The topological polar surface area (TPSA) is 33.1 Å². The summed E-state index contributed by atoms with van der Waals surface area (Å²) >= 11 is 0. The van der Waals surface area contributed by atoms with Gasteiger partial charge in [0.1, 0.15) is 0 Å². The number of nitrogens with zero attached hydrogens (tertiary/aromatic N) is 3. The van der Waals surface area contributed by atoms with Crippen molar-refractivity contribution < 1.29 is 0 Å². The van der Waals surface area contributed by atoms with E-state index < -0.39 is 0 Å². The lowest BCUT2D eigenvalue weighted by Crippen LogP contribution is -2.56. The van der Waals surface area contributed by atoms with Crippen molar-refractivity contribution in [2.24, 2.45) is 0 Å². The summed E-state index contributed by atoms with van der Waals surface area (Å²) < 4.78 is 2.14. The fourth-order valence-electron chi connectivity index (χ4n) is 3.80. The van der Waals surface area contributed by atoms with Crippen LogP contribution in [0.4, 0.5) is 0 Å². The number of hydrogen-bond donors (Lipinski definition) is 1. The van der Waals surface area contributed by atoms with E-state index in [0.717, 1.165) is 19.6 Å². The van der Waals surface area contributed by atoms with E-state index in [0.29, 0.717) is 18.1 Å². The van der Waals surface area contributed by atoms with Crippen molar-refractivity contribution in [3.05, 3.63) is 17.0 Å². The molecule has 2 heterocycles. The summed E-state index contributed by atoms with van der Waals surface area (Å²) in [5, 5.41) is 8.40. The first-order chi connectivity index (χ1) is 10.0. The van der Waals surface area contributed by atoms with E-state index in [1.165, 1.54) is 29.8 Å². The minimum absolute atomic E-state index is 0.450. The summed E-state index contributed by atoms with van der Waals surface area (Å²) in [6, 6.07) is 1.70. The molecule has 4 nitrogen and oxygen atoms in total. The minimum atomic E-state index is 0.450. The normalized spacial score (nSPS) is 25.2.